The van der Waals surface area contributed by atoms with Crippen molar-refractivity contribution in [1.82, 2.24) is 5.32 Å². The van der Waals surface area contributed by atoms with Crippen LogP contribution >= 0.6 is 11.6 Å². The van der Waals surface area contributed by atoms with Crippen molar-refractivity contribution in [1.29, 1.82) is 0 Å². The number of urea groups is 1. The summed E-state index contributed by atoms with van der Waals surface area (Å²) in [4.78, 5) is 41.9. The molecule has 188 valence electrons. The summed E-state index contributed by atoms with van der Waals surface area (Å²) in [5.74, 6) is -0.984. The van der Waals surface area contributed by atoms with Crippen molar-refractivity contribution < 1.29 is 19.1 Å². The van der Waals surface area contributed by atoms with E-state index in [-0.39, 0.29) is 11.1 Å². The van der Waals surface area contributed by atoms with Gasteiger partial charge in [-0.2, -0.15) is 0 Å². The van der Waals surface area contributed by atoms with E-state index in [4.69, 9.17) is 16.3 Å². The van der Waals surface area contributed by atoms with E-state index in [0.29, 0.717) is 28.6 Å². The minimum absolute atomic E-state index is 0.174. The second-order valence-corrected chi connectivity index (χ2v) is 9.82. The van der Waals surface area contributed by atoms with Crippen molar-refractivity contribution in [3.8, 4) is 5.75 Å². The first-order chi connectivity index (χ1) is 17.1. The van der Waals surface area contributed by atoms with Crippen LogP contribution in [-0.2, 0) is 9.59 Å². The number of nitrogens with one attached hydrogen (secondary N) is 1. The predicted octanol–water partition coefficient (Wildman–Crippen LogP) is 5.82. The van der Waals surface area contributed by atoms with E-state index in [2.05, 4.69) is 37.1 Å². The molecule has 2 aliphatic rings. The summed E-state index contributed by atoms with van der Waals surface area (Å²) in [6.45, 7) is 11.6. The maximum Gasteiger partial charge on any atom is 0.335 e. The van der Waals surface area contributed by atoms with Crippen molar-refractivity contribution in [2.24, 2.45) is 0 Å². The van der Waals surface area contributed by atoms with Crippen LogP contribution in [-0.4, -0.2) is 36.5 Å². The molecule has 0 saturated carbocycles. The highest BCUT2D eigenvalue weighted by Crippen LogP contribution is 2.42. The largest absolute Gasteiger partial charge is 0.494 e. The lowest BCUT2D eigenvalue weighted by Crippen LogP contribution is -2.54. The van der Waals surface area contributed by atoms with Gasteiger partial charge < -0.3 is 9.64 Å². The summed E-state index contributed by atoms with van der Waals surface area (Å²) in [6, 6.07) is 9.56. The molecule has 2 heterocycles. The fourth-order valence-electron chi connectivity index (χ4n) is 4.78. The Morgan fingerprint density at radius 2 is 1.86 bits per heavy atom. The molecule has 2 aromatic rings. The Hall–Kier alpha value is -3.58. The molecule has 0 atom stereocenters. The van der Waals surface area contributed by atoms with Gasteiger partial charge in [-0.1, -0.05) is 30.7 Å². The van der Waals surface area contributed by atoms with Gasteiger partial charge in [-0.15, -0.1) is 0 Å². The van der Waals surface area contributed by atoms with E-state index in [0.717, 1.165) is 34.7 Å². The fourth-order valence-corrected chi connectivity index (χ4v) is 5.00. The number of barbiturate groups is 1. The Labute approximate surface area is 216 Å². The summed E-state index contributed by atoms with van der Waals surface area (Å²) >= 11 is 6.69. The first-order valence-corrected chi connectivity index (χ1v) is 12.4. The third kappa shape index (κ3) is 4.63. The average Bonchev–Trinajstić information content (AvgIpc) is 2.80. The lowest BCUT2D eigenvalue weighted by Gasteiger charge is -2.43. The standard InChI is InChI=1S/C28H30ClN3O4/c1-6-11-31-24-15-23(29)18(12-21(24)17(3)16-28(31,4)5)13-22-25(33)30-27(35)32(26(22)34)19-9-8-10-20(14-19)36-7-2/h8-10,12-16H,6-7,11H2,1-5H3,(H,30,33,35)/b22-13-. The molecule has 0 aromatic heterocycles. The molecule has 4 amide bonds. The van der Waals surface area contributed by atoms with Gasteiger partial charge in [0.1, 0.15) is 11.3 Å². The molecular formula is C28H30ClN3O4. The molecule has 2 aromatic carbocycles. The number of imide groups is 2. The maximum atomic E-state index is 13.4. The van der Waals surface area contributed by atoms with Crippen molar-refractivity contribution >= 4 is 52.5 Å². The minimum atomic E-state index is -0.816. The highest BCUT2D eigenvalue weighted by atomic mass is 35.5. The van der Waals surface area contributed by atoms with Crippen LogP contribution in [0.3, 0.4) is 0 Å². The second kappa shape index (κ2) is 9.82. The Kier molecular flexibility index (Phi) is 6.96. The van der Waals surface area contributed by atoms with Crippen LogP contribution in [0.5, 0.6) is 5.75 Å². The molecule has 0 spiro atoms. The summed E-state index contributed by atoms with van der Waals surface area (Å²) in [5, 5.41) is 2.67. The zero-order valence-electron chi connectivity index (χ0n) is 21.1. The fraction of sp³-hybridized carbons (Fsp3) is 0.321. The van der Waals surface area contributed by atoms with Gasteiger partial charge in [0.05, 0.1) is 17.8 Å². The number of rotatable bonds is 6. The molecule has 1 fully saturated rings. The van der Waals surface area contributed by atoms with E-state index in [1.54, 1.807) is 24.3 Å². The first kappa shape index (κ1) is 25.5. The molecule has 8 heteroatoms. The molecule has 36 heavy (non-hydrogen) atoms. The number of benzene rings is 2. The van der Waals surface area contributed by atoms with Crippen molar-refractivity contribution in [3.63, 3.8) is 0 Å². The number of allylic oxidation sites excluding steroid dienone is 1. The zero-order valence-corrected chi connectivity index (χ0v) is 21.9. The van der Waals surface area contributed by atoms with Crippen LogP contribution in [0.2, 0.25) is 5.02 Å². The van der Waals surface area contributed by atoms with Crippen LogP contribution in [0.15, 0.2) is 48.0 Å². The van der Waals surface area contributed by atoms with E-state index < -0.39 is 17.8 Å². The monoisotopic (exact) mass is 507 g/mol. The molecule has 4 rings (SSSR count). The summed E-state index contributed by atoms with van der Waals surface area (Å²) in [6.07, 6.45) is 4.63. The summed E-state index contributed by atoms with van der Waals surface area (Å²) < 4.78 is 5.49. The summed E-state index contributed by atoms with van der Waals surface area (Å²) in [7, 11) is 0. The predicted molar refractivity (Wildman–Crippen MR) is 143 cm³/mol. The Balaban J connectivity index is 1.77. The van der Waals surface area contributed by atoms with Crippen molar-refractivity contribution in [2.75, 3.05) is 23.0 Å². The summed E-state index contributed by atoms with van der Waals surface area (Å²) in [5.41, 5.74) is 3.55. The quantitative estimate of drug-likeness (QED) is 0.394. The SMILES string of the molecule is CCCN1c2cc(Cl)c(/C=C3/C(=O)NC(=O)N(c4cccc(OCC)c4)C3=O)cc2C(C)=CC1(C)C. The second-order valence-electron chi connectivity index (χ2n) is 9.41. The van der Waals surface area contributed by atoms with E-state index in [1.165, 1.54) is 6.08 Å². The van der Waals surface area contributed by atoms with Gasteiger partial charge in [-0.25, -0.2) is 9.69 Å². The van der Waals surface area contributed by atoms with Crippen LogP contribution in [0, 0.1) is 0 Å². The van der Waals surface area contributed by atoms with Crippen LogP contribution in [0.25, 0.3) is 11.6 Å². The normalized spacial score (nSPS) is 18.2. The highest BCUT2D eigenvalue weighted by Gasteiger charge is 2.37. The molecule has 7 nitrogen and oxygen atoms in total. The molecule has 0 aliphatic carbocycles. The van der Waals surface area contributed by atoms with E-state index in [9.17, 15) is 14.4 Å². The molecule has 0 radical (unpaired) electrons. The smallest absolute Gasteiger partial charge is 0.335 e. The van der Waals surface area contributed by atoms with Gasteiger partial charge in [0, 0.05) is 28.9 Å². The number of halogens is 1. The van der Waals surface area contributed by atoms with Crippen LogP contribution < -0.4 is 19.9 Å². The maximum absolute atomic E-state index is 13.4. The van der Waals surface area contributed by atoms with Gasteiger partial charge in [-0.3, -0.25) is 14.9 Å². The zero-order chi connectivity index (χ0) is 26.2. The molecular weight excluding hydrogens is 478 g/mol. The number of fused-ring (bicyclic) bond motifs is 1. The molecule has 0 unspecified atom stereocenters. The van der Waals surface area contributed by atoms with Crippen LogP contribution in [0.4, 0.5) is 16.2 Å². The van der Waals surface area contributed by atoms with Crippen molar-refractivity contribution in [3.05, 3.63) is 64.2 Å². The minimum Gasteiger partial charge on any atom is -0.494 e. The number of carbonyl (C=O) groups excluding carboxylic acids is 3. The Morgan fingerprint density at radius 1 is 1.11 bits per heavy atom. The van der Waals surface area contributed by atoms with Gasteiger partial charge >= 0.3 is 6.03 Å². The number of amides is 4. The van der Waals surface area contributed by atoms with Gasteiger partial charge in [-0.05, 0) is 75.6 Å². The Morgan fingerprint density at radius 3 is 2.56 bits per heavy atom. The third-order valence-electron chi connectivity index (χ3n) is 6.33. The number of hydrogen-bond acceptors (Lipinski definition) is 5. The number of ether oxygens (including phenoxy) is 1. The number of carbonyl (C=O) groups is 3. The number of nitrogens with zero attached hydrogens (tertiary/aromatic N) is 2. The van der Waals surface area contributed by atoms with E-state index in [1.807, 2.05) is 26.0 Å². The van der Waals surface area contributed by atoms with Gasteiger partial charge in [0.25, 0.3) is 11.8 Å². The van der Waals surface area contributed by atoms with Gasteiger partial charge in [0.2, 0.25) is 0 Å². The third-order valence-corrected chi connectivity index (χ3v) is 6.66. The number of hydrogen-bond donors (Lipinski definition) is 1. The number of anilines is 2. The molecule has 2 aliphatic heterocycles. The molecule has 0 bridgehead atoms. The molecule has 1 saturated heterocycles. The van der Waals surface area contributed by atoms with Crippen LogP contribution in [0.1, 0.15) is 52.2 Å². The topological polar surface area (TPSA) is 79.0 Å². The molecule has 1 N–H and O–H groups in total. The first-order valence-electron chi connectivity index (χ1n) is 12.0. The van der Waals surface area contributed by atoms with E-state index >= 15 is 0 Å². The lowest BCUT2D eigenvalue weighted by atomic mass is 9.87. The van der Waals surface area contributed by atoms with Gasteiger partial charge in [0.15, 0.2) is 0 Å². The van der Waals surface area contributed by atoms with Crippen molar-refractivity contribution in [2.45, 2.75) is 46.6 Å². The highest BCUT2D eigenvalue weighted by molar-refractivity contribution is 6.40. The lowest BCUT2D eigenvalue weighted by molar-refractivity contribution is -0.122. The Bertz CT molecular complexity index is 1310. The average molecular weight is 508 g/mol.